The second kappa shape index (κ2) is 4.90. The lowest BCUT2D eigenvalue weighted by atomic mass is 9.88. The summed E-state index contributed by atoms with van der Waals surface area (Å²) in [6.07, 6.45) is 1.68. The van der Waals surface area contributed by atoms with E-state index in [4.69, 9.17) is 11.6 Å². The van der Waals surface area contributed by atoms with Crippen molar-refractivity contribution >= 4 is 17.5 Å². The van der Waals surface area contributed by atoms with E-state index in [0.29, 0.717) is 23.7 Å². The molecule has 0 radical (unpaired) electrons. The number of amides is 1. The molecule has 1 aliphatic heterocycles. The topological polar surface area (TPSA) is 40.5 Å². The predicted molar refractivity (Wildman–Crippen MR) is 72.0 cm³/mol. The Morgan fingerprint density at radius 3 is 2.72 bits per heavy atom. The van der Waals surface area contributed by atoms with Crippen LogP contribution in [0.25, 0.3) is 0 Å². The van der Waals surface area contributed by atoms with E-state index in [1.54, 1.807) is 23.1 Å². The van der Waals surface area contributed by atoms with E-state index in [-0.39, 0.29) is 5.91 Å². The van der Waals surface area contributed by atoms with E-state index in [2.05, 4.69) is 0 Å². The lowest BCUT2D eigenvalue weighted by Crippen LogP contribution is -2.63. The van der Waals surface area contributed by atoms with Gasteiger partial charge in [-0.25, -0.2) is 0 Å². The van der Waals surface area contributed by atoms with Crippen molar-refractivity contribution < 1.29 is 9.90 Å². The van der Waals surface area contributed by atoms with Crippen LogP contribution < -0.4 is 0 Å². The molecule has 1 aliphatic rings. The molecule has 1 amide bonds. The molecule has 1 fully saturated rings. The molecule has 2 rings (SSSR count). The van der Waals surface area contributed by atoms with Gasteiger partial charge in [0.2, 0.25) is 0 Å². The number of carbonyl (C=O) groups is 1. The zero-order valence-electron chi connectivity index (χ0n) is 10.7. The van der Waals surface area contributed by atoms with Gasteiger partial charge in [0.05, 0.1) is 18.7 Å². The summed E-state index contributed by atoms with van der Waals surface area (Å²) in [5.41, 5.74) is 0.862. The third-order valence-electron chi connectivity index (χ3n) is 3.39. The summed E-state index contributed by atoms with van der Waals surface area (Å²) in [6.45, 7) is 4.77. The van der Waals surface area contributed by atoms with Gasteiger partial charge in [0.25, 0.3) is 5.91 Å². The molecular formula is C14H18ClNO2. The molecule has 0 aliphatic carbocycles. The van der Waals surface area contributed by atoms with E-state index in [1.165, 1.54) is 0 Å². The Morgan fingerprint density at radius 2 is 2.17 bits per heavy atom. The second-order valence-electron chi connectivity index (χ2n) is 5.09. The highest BCUT2D eigenvalue weighted by molar-refractivity contribution is 6.30. The third kappa shape index (κ3) is 2.52. The third-order valence-corrected chi connectivity index (χ3v) is 3.63. The molecule has 4 heteroatoms. The summed E-state index contributed by atoms with van der Waals surface area (Å²) < 4.78 is 0. The fourth-order valence-electron chi connectivity index (χ4n) is 2.47. The Bertz CT molecular complexity index is 467. The quantitative estimate of drug-likeness (QED) is 0.915. The fourth-order valence-corrected chi connectivity index (χ4v) is 2.70. The van der Waals surface area contributed by atoms with Crippen LogP contribution in [0.2, 0.25) is 5.02 Å². The molecule has 0 aromatic heterocycles. The maximum absolute atomic E-state index is 12.2. The lowest BCUT2D eigenvalue weighted by Gasteiger charge is -2.46. The lowest BCUT2D eigenvalue weighted by molar-refractivity contribution is -0.0860. The number of hydrogen-bond donors (Lipinski definition) is 1. The van der Waals surface area contributed by atoms with Crippen LogP contribution in [-0.4, -0.2) is 34.6 Å². The molecule has 1 saturated heterocycles. The average molecular weight is 268 g/mol. The molecule has 1 heterocycles. The number of hydrogen-bond acceptors (Lipinski definition) is 2. The van der Waals surface area contributed by atoms with Gasteiger partial charge in [0.1, 0.15) is 0 Å². The second-order valence-corrected chi connectivity index (χ2v) is 5.53. The normalized spacial score (nSPS) is 17.4. The molecule has 0 spiro atoms. The molecule has 1 N–H and O–H groups in total. The summed E-state index contributed by atoms with van der Waals surface area (Å²) in [4.78, 5) is 13.9. The Hall–Kier alpha value is -1.06. The number of likely N-dealkylation sites (tertiary alicyclic amines) is 1. The molecule has 0 saturated carbocycles. The largest absolute Gasteiger partial charge is 0.386 e. The molecule has 98 valence electrons. The zero-order chi connectivity index (χ0) is 13.3. The number of benzene rings is 1. The Kier molecular flexibility index (Phi) is 3.64. The van der Waals surface area contributed by atoms with Crippen molar-refractivity contribution in [1.82, 2.24) is 4.90 Å². The standard InChI is InChI=1S/C14H18ClNO2/c1-3-6-14(18)8-16(9-14)13(17)12-5-4-11(15)7-10(12)2/h4-5,7,18H,3,6,8-9H2,1-2H3. The van der Waals surface area contributed by atoms with Crippen LogP contribution in [0, 0.1) is 6.92 Å². The minimum Gasteiger partial charge on any atom is -0.386 e. The first kappa shape index (κ1) is 13.4. The molecule has 1 aromatic carbocycles. The van der Waals surface area contributed by atoms with Crippen LogP contribution in [0.1, 0.15) is 35.7 Å². The van der Waals surface area contributed by atoms with Gasteiger partial charge in [-0.2, -0.15) is 0 Å². The minimum atomic E-state index is -0.676. The molecule has 0 atom stereocenters. The molecule has 1 aromatic rings. The maximum Gasteiger partial charge on any atom is 0.254 e. The number of aliphatic hydroxyl groups is 1. The van der Waals surface area contributed by atoms with Crippen molar-refractivity contribution in [3.8, 4) is 0 Å². The number of rotatable bonds is 3. The van der Waals surface area contributed by atoms with Crippen molar-refractivity contribution in [2.75, 3.05) is 13.1 Å². The summed E-state index contributed by atoms with van der Waals surface area (Å²) in [5, 5.41) is 10.7. The first-order valence-corrected chi connectivity index (χ1v) is 6.61. The maximum atomic E-state index is 12.2. The van der Waals surface area contributed by atoms with Crippen molar-refractivity contribution in [3.63, 3.8) is 0 Å². The summed E-state index contributed by atoms with van der Waals surface area (Å²) in [6, 6.07) is 5.25. The number of carbonyl (C=O) groups excluding carboxylic acids is 1. The van der Waals surface area contributed by atoms with E-state index < -0.39 is 5.60 Å². The Balaban J connectivity index is 2.06. The van der Waals surface area contributed by atoms with E-state index in [0.717, 1.165) is 18.4 Å². The number of β-amino-alcohol motifs (C(OH)–C–C–N with tert-alkyl or cyclic N) is 1. The van der Waals surface area contributed by atoms with Gasteiger partial charge < -0.3 is 10.0 Å². The fraction of sp³-hybridized carbons (Fsp3) is 0.500. The van der Waals surface area contributed by atoms with Crippen LogP contribution in [-0.2, 0) is 0 Å². The SMILES string of the molecule is CCCC1(O)CN(C(=O)c2ccc(Cl)cc2C)C1. The summed E-state index contributed by atoms with van der Waals surface area (Å²) in [7, 11) is 0. The van der Waals surface area contributed by atoms with Crippen molar-refractivity contribution in [2.24, 2.45) is 0 Å². The average Bonchev–Trinajstić information content (AvgIpc) is 2.25. The van der Waals surface area contributed by atoms with E-state index >= 15 is 0 Å². The predicted octanol–water partition coefficient (Wildman–Crippen LogP) is 2.64. The Morgan fingerprint density at radius 1 is 1.50 bits per heavy atom. The number of aryl methyl sites for hydroxylation is 1. The van der Waals surface area contributed by atoms with Crippen molar-refractivity contribution in [1.29, 1.82) is 0 Å². The van der Waals surface area contributed by atoms with Gasteiger partial charge in [-0.05, 0) is 37.1 Å². The zero-order valence-corrected chi connectivity index (χ0v) is 11.5. The van der Waals surface area contributed by atoms with Crippen LogP contribution in [0.3, 0.4) is 0 Å². The summed E-state index contributed by atoms with van der Waals surface area (Å²) in [5.74, 6) is -0.0232. The molecular weight excluding hydrogens is 250 g/mol. The highest BCUT2D eigenvalue weighted by atomic mass is 35.5. The highest BCUT2D eigenvalue weighted by Gasteiger charge is 2.42. The Labute approximate surface area is 112 Å². The van der Waals surface area contributed by atoms with Crippen molar-refractivity contribution in [2.45, 2.75) is 32.3 Å². The number of halogens is 1. The van der Waals surface area contributed by atoms with Gasteiger partial charge in [-0.15, -0.1) is 0 Å². The van der Waals surface area contributed by atoms with E-state index in [9.17, 15) is 9.90 Å². The van der Waals surface area contributed by atoms with Crippen LogP contribution in [0.5, 0.6) is 0 Å². The van der Waals surface area contributed by atoms with Crippen LogP contribution in [0.4, 0.5) is 0 Å². The first-order chi connectivity index (χ1) is 8.45. The van der Waals surface area contributed by atoms with Gasteiger partial charge in [0.15, 0.2) is 0 Å². The first-order valence-electron chi connectivity index (χ1n) is 6.23. The highest BCUT2D eigenvalue weighted by Crippen LogP contribution is 2.28. The van der Waals surface area contributed by atoms with Gasteiger partial charge in [0, 0.05) is 10.6 Å². The minimum absolute atomic E-state index is 0.0232. The van der Waals surface area contributed by atoms with Gasteiger partial charge in [-0.1, -0.05) is 24.9 Å². The van der Waals surface area contributed by atoms with Crippen LogP contribution >= 0.6 is 11.6 Å². The molecule has 0 unspecified atom stereocenters. The van der Waals surface area contributed by atoms with Crippen LogP contribution in [0.15, 0.2) is 18.2 Å². The molecule has 18 heavy (non-hydrogen) atoms. The monoisotopic (exact) mass is 267 g/mol. The van der Waals surface area contributed by atoms with Gasteiger partial charge >= 0.3 is 0 Å². The van der Waals surface area contributed by atoms with Crippen molar-refractivity contribution in [3.05, 3.63) is 34.3 Å². The van der Waals surface area contributed by atoms with Gasteiger partial charge in [-0.3, -0.25) is 4.79 Å². The number of nitrogens with zero attached hydrogens (tertiary/aromatic N) is 1. The molecule has 3 nitrogen and oxygen atoms in total. The summed E-state index contributed by atoms with van der Waals surface area (Å²) >= 11 is 5.87. The molecule has 0 bridgehead atoms. The van der Waals surface area contributed by atoms with E-state index in [1.807, 2.05) is 13.8 Å². The smallest absolute Gasteiger partial charge is 0.254 e.